The van der Waals surface area contributed by atoms with Crippen LogP contribution in [0.3, 0.4) is 0 Å². The van der Waals surface area contributed by atoms with E-state index in [0.717, 1.165) is 9.13 Å². The van der Waals surface area contributed by atoms with Crippen molar-refractivity contribution in [3.05, 3.63) is 33.4 Å². The van der Waals surface area contributed by atoms with E-state index in [4.69, 9.17) is 11.2 Å². The van der Waals surface area contributed by atoms with Crippen LogP contribution in [0.15, 0.2) is 24.3 Å². The minimum atomic E-state index is -0.626. The lowest BCUT2D eigenvalue weighted by molar-refractivity contribution is -0.137. The summed E-state index contributed by atoms with van der Waals surface area (Å²) in [5.41, 5.74) is 0.934. The van der Waals surface area contributed by atoms with E-state index < -0.39 is 5.97 Å². The van der Waals surface area contributed by atoms with Crippen molar-refractivity contribution in [2.45, 2.75) is 6.61 Å². The SMILES string of the molecule is C#CC(=O)OCc1ccc(I)cc1. The van der Waals surface area contributed by atoms with E-state index in [0.29, 0.717) is 0 Å². The molecule has 66 valence electrons. The molecule has 0 spiro atoms. The highest BCUT2D eigenvalue weighted by Gasteiger charge is 1.97. The van der Waals surface area contributed by atoms with E-state index in [1.165, 1.54) is 0 Å². The summed E-state index contributed by atoms with van der Waals surface area (Å²) in [4.78, 5) is 10.6. The average Bonchev–Trinajstić information content (AvgIpc) is 2.16. The van der Waals surface area contributed by atoms with Crippen molar-refractivity contribution in [2.75, 3.05) is 0 Å². The quantitative estimate of drug-likeness (QED) is 0.359. The first-order valence-corrected chi connectivity index (χ1v) is 4.68. The van der Waals surface area contributed by atoms with E-state index in [2.05, 4.69) is 22.6 Å². The van der Waals surface area contributed by atoms with Gasteiger partial charge in [-0.15, -0.1) is 6.42 Å². The van der Waals surface area contributed by atoms with E-state index in [1.807, 2.05) is 30.2 Å². The van der Waals surface area contributed by atoms with E-state index in [-0.39, 0.29) is 6.61 Å². The molecule has 1 aromatic carbocycles. The number of ether oxygens (including phenoxy) is 1. The molecule has 0 N–H and O–H groups in total. The van der Waals surface area contributed by atoms with Crippen LogP contribution in [0.2, 0.25) is 0 Å². The van der Waals surface area contributed by atoms with Gasteiger partial charge in [-0.25, -0.2) is 4.79 Å². The Labute approximate surface area is 90.4 Å². The van der Waals surface area contributed by atoms with Crippen LogP contribution in [-0.4, -0.2) is 5.97 Å². The molecule has 2 nitrogen and oxygen atoms in total. The molecule has 13 heavy (non-hydrogen) atoms. The summed E-state index contributed by atoms with van der Waals surface area (Å²) in [7, 11) is 0. The van der Waals surface area contributed by atoms with Gasteiger partial charge in [0.05, 0.1) is 0 Å². The highest BCUT2D eigenvalue weighted by atomic mass is 127. The van der Waals surface area contributed by atoms with Crippen LogP contribution in [0, 0.1) is 15.9 Å². The maximum Gasteiger partial charge on any atom is 0.384 e. The summed E-state index contributed by atoms with van der Waals surface area (Å²) < 4.78 is 5.88. The van der Waals surface area contributed by atoms with E-state index in [1.54, 1.807) is 0 Å². The third kappa shape index (κ3) is 3.47. The van der Waals surface area contributed by atoms with Gasteiger partial charge in [0, 0.05) is 9.49 Å². The lowest BCUT2D eigenvalue weighted by Gasteiger charge is -2.00. The van der Waals surface area contributed by atoms with Crippen molar-refractivity contribution in [3.63, 3.8) is 0 Å². The molecule has 0 amide bonds. The fourth-order valence-electron chi connectivity index (χ4n) is 0.771. The van der Waals surface area contributed by atoms with Gasteiger partial charge < -0.3 is 4.74 Å². The Bertz CT molecular complexity index is 335. The van der Waals surface area contributed by atoms with Gasteiger partial charge >= 0.3 is 5.97 Å². The van der Waals surface area contributed by atoms with Crippen molar-refractivity contribution in [1.82, 2.24) is 0 Å². The second kappa shape index (κ2) is 4.87. The minimum Gasteiger partial charge on any atom is -0.451 e. The normalized spacial score (nSPS) is 8.92. The highest BCUT2D eigenvalue weighted by Crippen LogP contribution is 2.07. The number of benzene rings is 1. The Balaban J connectivity index is 2.52. The molecule has 0 fully saturated rings. The van der Waals surface area contributed by atoms with Gasteiger partial charge in [-0.05, 0) is 40.3 Å². The largest absolute Gasteiger partial charge is 0.451 e. The predicted molar refractivity (Wildman–Crippen MR) is 57.8 cm³/mol. The van der Waals surface area contributed by atoms with Gasteiger partial charge in [0.2, 0.25) is 0 Å². The van der Waals surface area contributed by atoms with E-state index >= 15 is 0 Å². The van der Waals surface area contributed by atoms with Crippen molar-refractivity contribution in [1.29, 1.82) is 0 Å². The number of esters is 1. The third-order valence-electron chi connectivity index (χ3n) is 1.40. The zero-order chi connectivity index (χ0) is 9.68. The molecule has 3 heteroatoms. The van der Waals surface area contributed by atoms with Crippen LogP contribution < -0.4 is 0 Å². The number of terminal acetylenes is 1. The molecule has 0 aliphatic rings. The fourth-order valence-corrected chi connectivity index (χ4v) is 1.13. The molecule has 1 rings (SSSR count). The number of halogens is 1. The second-order valence-corrected chi connectivity index (χ2v) is 3.59. The zero-order valence-corrected chi connectivity index (χ0v) is 8.95. The Morgan fingerprint density at radius 1 is 1.46 bits per heavy atom. The maximum absolute atomic E-state index is 10.6. The monoisotopic (exact) mass is 286 g/mol. The van der Waals surface area contributed by atoms with Crippen LogP contribution in [0.25, 0.3) is 0 Å². The Hall–Kier alpha value is -1.02. The lowest BCUT2D eigenvalue weighted by Crippen LogP contribution is -2.00. The first kappa shape index (κ1) is 10.1. The smallest absolute Gasteiger partial charge is 0.384 e. The lowest BCUT2D eigenvalue weighted by atomic mass is 10.2. The number of hydrogen-bond donors (Lipinski definition) is 0. The molecule has 0 bridgehead atoms. The van der Waals surface area contributed by atoms with Gasteiger partial charge in [0.1, 0.15) is 6.61 Å². The molecule has 0 radical (unpaired) electrons. The van der Waals surface area contributed by atoms with E-state index in [9.17, 15) is 4.79 Å². The number of carbonyl (C=O) groups excluding carboxylic acids is 1. The van der Waals surface area contributed by atoms with Gasteiger partial charge in [-0.3, -0.25) is 0 Å². The molecular formula is C10H7IO2. The summed E-state index contributed by atoms with van der Waals surface area (Å²) in [6, 6.07) is 7.68. The van der Waals surface area contributed by atoms with Crippen LogP contribution in [0.4, 0.5) is 0 Å². The molecule has 0 saturated carbocycles. The predicted octanol–water partition coefficient (Wildman–Crippen LogP) is 1.97. The molecule has 0 unspecified atom stereocenters. The van der Waals surface area contributed by atoms with Crippen molar-refractivity contribution < 1.29 is 9.53 Å². The van der Waals surface area contributed by atoms with Crippen molar-refractivity contribution in [3.8, 4) is 12.3 Å². The zero-order valence-electron chi connectivity index (χ0n) is 6.79. The third-order valence-corrected chi connectivity index (χ3v) is 2.12. The molecule has 0 saturated heterocycles. The standard InChI is InChI=1S/C10H7IO2/c1-2-10(12)13-7-8-3-5-9(11)6-4-8/h1,3-6H,7H2. The first-order chi connectivity index (χ1) is 6.22. The van der Waals surface area contributed by atoms with Gasteiger partial charge in [-0.1, -0.05) is 12.1 Å². The summed E-state index contributed by atoms with van der Waals surface area (Å²) in [5.74, 6) is 1.26. The average molecular weight is 286 g/mol. The minimum absolute atomic E-state index is 0.236. The molecular weight excluding hydrogens is 279 g/mol. The molecule has 0 aromatic heterocycles. The first-order valence-electron chi connectivity index (χ1n) is 3.60. The van der Waals surface area contributed by atoms with Crippen LogP contribution in [0.1, 0.15) is 5.56 Å². The molecule has 0 aliphatic heterocycles. The van der Waals surface area contributed by atoms with Crippen LogP contribution in [0.5, 0.6) is 0 Å². The molecule has 1 aromatic rings. The summed E-state index contributed by atoms with van der Waals surface area (Å²) in [5, 5.41) is 0. The summed E-state index contributed by atoms with van der Waals surface area (Å²) >= 11 is 2.21. The van der Waals surface area contributed by atoms with Crippen molar-refractivity contribution >= 4 is 28.6 Å². The molecule has 0 atom stereocenters. The van der Waals surface area contributed by atoms with Crippen LogP contribution >= 0.6 is 22.6 Å². The highest BCUT2D eigenvalue weighted by molar-refractivity contribution is 14.1. The summed E-state index contributed by atoms with van der Waals surface area (Å²) in [6.07, 6.45) is 4.83. The van der Waals surface area contributed by atoms with Gasteiger partial charge in [0.15, 0.2) is 0 Å². The number of carbonyl (C=O) groups is 1. The molecule has 0 heterocycles. The number of hydrogen-bond acceptors (Lipinski definition) is 2. The van der Waals surface area contributed by atoms with Gasteiger partial charge in [-0.2, -0.15) is 0 Å². The maximum atomic E-state index is 10.6. The molecule has 0 aliphatic carbocycles. The number of rotatable bonds is 2. The fraction of sp³-hybridized carbons (Fsp3) is 0.100. The Morgan fingerprint density at radius 3 is 2.62 bits per heavy atom. The summed E-state index contributed by atoms with van der Waals surface area (Å²) in [6.45, 7) is 0.236. The Morgan fingerprint density at radius 2 is 2.08 bits per heavy atom. The second-order valence-electron chi connectivity index (χ2n) is 2.35. The van der Waals surface area contributed by atoms with Crippen LogP contribution in [-0.2, 0) is 16.1 Å². The van der Waals surface area contributed by atoms with Crippen molar-refractivity contribution in [2.24, 2.45) is 0 Å². The van der Waals surface area contributed by atoms with Gasteiger partial charge in [0.25, 0.3) is 0 Å². The Kier molecular flexibility index (Phi) is 3.77. The topological polar surface area (TPSA) is 26.3 Å².